The molecule has 0 aliphatic carbocycles. The first kappa shape index (κ1) is 24.6. The number of nitrogen functional groups attached to an aromatic ring is 2. The highest BCUT2D eigenvalue weighted by molar-refractivity contribution is 5.95. The summed E-state index contributed by atoms with van der Waals surface area (Å²) in [6.45, 7) is 6.54. The average molecular weight is 464 g/mol. The van der Waals surface area contributed by atoms with E-state index in [4.69, 9.17) is 37.2 Å². The van der Waals surface area contributed by atoms with Crippen molar-refractivity contribution in [2.45, 2.75) is 39.8 Å². The predicted octanol–water partition coefficient (Wildman–Crippen LogP) is 2.89. The molecule has 9 heteroatoms. The summed E-state index contributed by atoms with van der Waals surface area (Å²) in [5.41, 5.74) is 14.9. The second-order valence-corrected chi connectivity index (χ2v) is 8.08. The Kier molecular flexibility index (Phi) is 8.13. The summed E-state index contributed by atoms with van der Waals surface area (Å²) in [6, 6.07) is 14.3. The quantitative estimate of drug-likeness (QED) is 0.159. The Bertz CT molecular complexity index is 1100. The van der Waals surface area contributed by atoms with Gasteiger partial charge in [0.05, 0.1) is 13.2 Å². The molecule has 1 heterocycles. The van der Waals surface area contributed by atoms with Crippen LogP contribution in [0.1, 0.15) is 35.4 Å². The number of benzene rings is 2. The van der Waals surface area contributed by atoms with Crippen LogP contribution in [0.3, 0.4) is 0 Å². The molecule has 3 rings (SSSR count). The zero-order valence-electron chi connectivity index (χ0n) is 19.7. The first-order valence-electron chi connectivity index (χ1n) is 11.2. The van der Waals surface area contributed by atoms with Gasteiger partial charge >= 0.3 is 0 Å². The second kappa shape index (κ2) is 11.2. The Morgan fingerprint density at radius 3 is 1.38 bits per heavy atom. The monoisotopic (exact) mass is 463 g/mol. The molecule has 0 saturated heterocycles. The summed E-state index contributed by atoms with van der Waals surface area (Å²) in [5.74, 6) is 1.55. The number of aromatic nitrogens is 2. The zero-order valence-corrected chi connectivity index (χ0v) is 19.7. The van der Waals surface area contributed by atoms with Crippen molar-refractivity contribution < 1.29 is 9.47 Å². The van der Waals surface area contributed by atoms with Gasteiger partial charge in [0, 0.05) is 35.6 Å². The molecule has 1 aromatic heterocycles. The van der Waals surface area contributed by atoms with E-state index in [1.165, 1.54) is 0 Å². The normalized spacial score (nSPS) is 10.8. The number of rotatable bonds is 12. The predicted molar refractivity (Wildman–Crippen MR) is 133 cm³/mol. The molecule has 2 aromatic carbocycles. The highest BCUT2D eigenvalue weighted by Gasteiger charge is 2.11. The van der Waals surface area contributed by atoms with Crippen LogP contribution in [0, 0.1) is 30.1 Å². The van der Waals surface area contributed by atoms with E-state index in [1.807, 2.05) is 47.2 Å². The first-order chi connectivity index (χ1) is 16.3. The van der Waals surface area contributed by atoms with Crippen LogP contribution in [0.2, 0.25) is 0 Å². The molecular weight excluding hydrogens is 430 g/mol. The van der Waals surface area contributed by atoms with Gasteiger partial charge in [-0.3, -0.25) is 16.2 Å². The van der Waals surface area contributed by atoms with Crippen LogP contribution in [0.25, 0.3) is 0 Å². The Balaban J connectivity index is 1.48. The first-order valence-corrected chi connectivity index (χ1v) is 11.2. The summed E-state index contributed by atoms with van der Waals surface area (Å²) in [5, 5.41) is 23.5. The molecule has 3 aromatic rings. The van der Waals surface area contributed by atoms with Crippen LogP contribution in [0.4, 0.5) is 0 Å². The molecule has 180 valence electrons. The van der Waals surface area contributed by atoms with Crippen LogP contribution in [-0.4, -0.2) is 34.0 Å². The SMILES string of the molecule is Cc1c(C)n(CCCOc2ccc(C(=N)N)cc2)c(=N)n1CCCOc1ccc(C(=N)N)cc1. The second-order valence-electron chi connectivity index (χ2n) is 8.08. The zero-order chi connectivity index (χ0) is 24.7. The molecule has 0 aliphatic rings. The van der Waals surface area contributed by atoms with E-state index in [2.05, 4.69) is 0 Å². The third-order valence-electron chi connectivity index (χ3n) is 5.76. The lowest BCUT2D eigenvalue weighted by Gasteiger charge is -2.09. The maximum absolute atomic E-state index is 8.62. The van der Waals surface area contributed by atoms with Crippen molar-refractivity contribution in [2.75, 3.05) is 13.2 Å². The minimum atomic E-state index is 0.0381. The molecule has 7 N–H and O–H groups in total. The number of nitrogens with zero attached hydrogens (tertiary/aromatic N) is 2. The number of hydrogen-bond donors (Lipinski definition) is 5. The topological polar surface area (TPSA) is 152 Å². The fourth-order valence-corrected chi connectivity index (χ4v) is 3.69. The highest BCUT2D eigenvalue weighted by Crippen LogP contribution is 2.14. The van der Waals surface area contributed by atoms with E-state index in [-0.39, 0.29) is 11.7 Å². The van der Waals surface area contributed by atoms with Gasteiger partial charge in [-0.1, -0.05) is 0 Å². The van der Waals surface area contributed by atoms with Gasteiger partial charge < -0.3 is 30.1 Å². The minimum Gasteiger partial charge on any atom is -0.494 e. The van der Waals surface area contributed by atoms with Crippen molar-refractivity contribution in [2.24, 2.45) is 11.5 Å². The van der Waals surface area contributed by atoms with Gasteiger partial charge in [-0.15, -0.1) is 0 Å². The van der Waals surface area contributed by atoms with E-state index >= 15 is 0 Å². The van der Waals surface area contributed by atoms with E-state index in [0.29, 0.717) is 43.0 Å². The Morgan fingerprint density at radius 2 is 1.06 bits per heavy atom. The molecule has 0 spiro atoms. The summed E-state index contributed by atoms with van der Waals surface area (Å²) >= 11 is 0. The standard InChI is InChI=1S/C25H33N7O2/c1-17-18(2)32(14-4-16-34-22-11-7-20(8-12-22)24(28)29)25(30)31(17)13-3-15-33-21-9-5-19(6-10-21)23(26)27/h5-12,30H,3-4,13-16H2,1-2H3,(H3,26,27)(H3,28,29). The van der Waals surface area contributed by atoms with Crippen LogP contribution in [0.5, 0.6) is 11.5 Å². The number of nitrogens with one attached hydrogen (secondary N) is 3. The van der Waals surface area contributed by atoms with Crippen LogP contribution >= 0.6 is 0 Å². The van der Waals surface area contributed by atoms with Gasteiger partial charge in [-0.05, 0) is 75.2 Å². The molecule has 0 radical (unpaired) electrons. The van der Waals surface area contributed by atoms with Gasteiger partial charge in [0.1, 0.15) is 23.2 Å². The smallest absolute Gasteiger partial charge is 0.202 e. The van der Waals surface area contributed by atoms with Crippen LogP contribution in [-0.2, 0) is 13.1 Å². The number of hydrogen-bond acceptors (Lipinski definition) is 5. The van der Waals surface area contributed by atoms with Gasteiger partial charge in [0.15, 0.2) is 0 Å². The molecule has 0 fully saturated rings. The summed E-state index contributed by atoms with van der Waals surface area (Å²) in [4.78, 5) is 0. The number of imidazole rings is 1. The maximum Gasteiger partial charge on any atom is 0.202 e. The highest BCUT2D eigenvalue weighted by atomic mass is 16.5. The lowest BCUT2D eigenvalue weighted by Crippen LogP contribution is -2.26. The summed E-state index contributed by atoms with van der Waals surface area (Å²) in [7, 11) is 0. The van der Waals surface area contributed by atoms with E-state index < -0.39 is 0 Å². The van der Waals surface area contributed by atoms with Gasteiger partial charge in [0.2, 0.25) is 5.62 Å². The number of amidine groups is 2. The van der Waals surface area contributed by atoms with Crippen molar-refractivity contribution in [3.05, 3.63) is 76.7 Å². The van der Waals surface area contributed by atoms with Gasteiger partial charge in [-0.2, -0.15) is 0 Å². The fraction of sp³-hybridized carbons (Fsp3) is 0.320. The van der Waals surface area contributed by atoms with Crippen molar-refractivity contribution in [1.29, 1.82) is 16.2 Å². The molecule has 0 aliphatic heterocycles. The molecule has 0 bridgehead atoms. The third-order valence-corrected chi connectivity index (χ3v) is 5.76. The molecule has 0 saturated carbocycles. The Morgan fingerprint density at radius 1 is 0.706 bits per heavy atom. The van der Waals surface area contributed by atoms with Crippen LogP contribution < -0.4 is 26.6 Å². The maximum atomic E-state index is 8.62. The minimum absolute atomic E-state index is 0.0381. The van der Waals surface area contributed by atoms with Crippen LogP contribution in [0.15, 0.2) is 48.5 Å². The van der Waals surface area contributed by atoms with Crippen molar-refractivity contribution >= 4 is 11.7 Å². The molecule has 34 heavy (non-hydrogen) atoms. The van der Waals surface area contributed by atoms with Crippen molar-refractivity contribution in [1.82, 2.24) is 9.13 Å². The van der Waals surface area contributed by atoms with E-state index in [0.717, 1.165) is 35.7 Å². The Labute approximate surface area is 199 Å². The van der Waals surface area contributed by atoms with E-state index in [9.17, 15) is 0 Å². The lowest BCUT2D eigenvalue weighted by molar-refractivity contribution is 0.296. The lowest BCUT2D eigenvalue weighted by atomic mass is 10.2. The number of nitrogens with two attached hydrogens (primary N) is 2. The van der Waals surface area contributed by atoms with Crippen molar-refractivity contribution in [3.8, 4) is 11.5 Å². The average Bonchev–Trinajstić information content (AvgIpc) is 3.02. The number of ether oxygens (including phenoxy) is 2. The van der Waals surface area contributed by atoms with Gasteiger partial charge in [-0.25, -0.2) is 0 Å². The molecule has 0 amide bonds. The molecule has 0 unspecified atom stereocenters. The molecular formula is C25H33N7O2. The molecule has 9 nitrogen and oxygen atoms in total. The Hall–Kier alpha value is -4.01. The largest absolute Gasteiger partial charge is 0.494 e. The van der Waals surface area contributed by atoms with Crippen molar-refractivity contribution in [3.63, 3.8) is 0 Å². The fourth-order valence-electron chi connectivity index (χ4n) is 3.69. The summed E-state index contributed by atoms with van der Waals surface area (Å²) in [6.07, 6.45) is 1.54. The third kappa shape index (κ3) is 6.06. The molecule has 0 atom stereocenters. The van der Waals surface area contributed by atoms with E-state index in [1.54, 1.807) is 24.3 Å². The summed E-state index contributed by atoms with van der Waals surface area (Å²) < 4.78 is 15.6. The van der Waals surface area contributed by atoms with Gasteiger partial charge in [0.25, 0.3) is 0 Å².